The molecule has 16 heavy (non-hydrogen) atoms. The molecule has 90 valence electrons. The summed E-state index contributed by atoms with van der Waals surface area (Å²) in [5, 5.41) is 4.31. The molecule has 1 saturated heterocycles. The Morgan fingerprint density at radius 1 is 1.50 bits per heavy atom. The predicted molar refractivity (Wildman–Crippen MR) is 65.0 cm³/mol. The lowest BCUT2D eigenvalue weighted by Crippen LogP contribution is -2.36. The fourth-order valence-corrected chi connectivity index (χ4v) is 2.42. The van der Waals surface area contributed by atoms with Crippen LogP contribution in [0.15, 0.2) is 12.4 Å². The van der Waals surface area contributed by atoms with Gasteiger partial charge in [0.05, 0.1) is 6.20 Å². The topological polar surface area (TPSA) is 47.1 Å². The highest BCUT2D eigenvalue weighted by molar-refractivity contribution is 5.02. The van der Waals surface area contributed by atoms with E-state index in [2.05, 4.69) is 23.2 Å². The van der Waals surface area contributed by atoms with E-state index in [0.717, 1.165) is 18.2 Å². The second-order valence-electron chi connectivity index (χ2n) is 4.73. The van der Waals surface area contributed by atoms with Gasteiger partial charge >= 0.3 is 0 Å². The van der Waals surface area contributed by atoms with Crippen molar-refractivity contribution in [2.24, 2.45) is 5.73 Å². The molecule has 1 fully saturated rings. The van der Waals surface area contributed by atoms with Crippen molar-refractivity contribution in [3.05, 3.63) is 18.0 Å². The zero-order valence-corrected chi connectivity index (χ0v) is 10.1. The molecular formula is C12H22N4. The molecule has 1 aromatic rings. The Kier molecular flexibility index (Phi) is 3.96. The summed E-state index contributed by atoms with van der Waals surface area (Å²) < 4.78 is 2.02. The highest BCUT2D eigenvalue weighted by Crippen LogP contribution is 2.18. The van der Waals surface area contributed by atoms with Crippen molar-refractivity contribution in [3.63, 3.8) is 0 Å². The average Bonchev–Trinajstić information content (AvgIpc) is 2.76. The molecule has 1 aliphatic heterocycles. The zero-order valence-electron chi connectivity index (χ0n) is 10.1. The van der Waals surface area contributed by atoms with Gasteiger partial charge in [0, 0.05) is 30.9 Å². The molecule has 0 bridgehead atoms. The fourth-order valence-electron chi connectivity index (χ4n) is 2.42. The van der Waals surface area contributed by atoms with Crippen LogP contribution in [-0.2, 0) is 13.1 Å². The highest BCUT2D eigenvalue weighted by Gasteiger charge is 2.18. The summed E-state index contributed by atoms with van der Waals surface area (Å²) in [6.45, 7) is 2.84. The number of hydrogen-bond acceptors (Lipinski definition) is 3. The first kappa shape index (κ1) is 11.6. The minimum absolute atomic E-state index is 0.587. The van der Waals surface area contributed by atoms with E-state index < -0.39 is 0 Å². The van der Waals surface area contributed by atoms with E-state index in [1.807, 2.05) is 10.9 Å². The van der Waals surface area contributed by atoms with Crippen LogP contribution in [0.3, 0.4) is 0 Å². The van der Waals surface area contributed by atoms with E-state index in [0.29, 0.717) is 6.54 Å². The first-order chi connectivity index (χ1) is 7.79. The number of aromatic nitrogens is 2. The van der Waals surface area contributed by atoms with Gasteiger partial charge in [0.2, 0.25) is 0 Å². The number of nitrogens with zero attached hydrogens (tertiary/aromatic N) is 3. The lowest BCUT2D eigenvalue weighted by atomic mass is 10.0. The lowest BCUT2D eigenvalue weighted by Gasteiger charge is -2.32. The van der Waals surface area contributed by atoms with Gasteiger partial charge in [-0.2, -0.15) is 5.10 Å². The van der Waals surface area contributed by atoms with E-state index >= 15 is 0 Å². The van der Waals surface area contributed by atoms with Crippen LogP contribution in [-0.4, -0.2) is 34.3 Å². The molecular weight excluding hydrogens is 200 g/mol. The van der Waals surface area contributed by atoms with E-state index in [4.69, 9.17) is 5.73 Å². The van der Waals surface area contributed by atoms with E-state index in [1.165, 1.54) is 32.2 Å². The molecule has 0 saturated carbocycles. The Morgan fingerprint density at radius 2 is 2.38 bits per heavy atom. The van der Waals surface area contributed by atoms with E-state index in [-0.39, 0.29) is 0 Å². The second kappa shape index (κ2) is 5.46. The first-order valence-electron chi connectivity index (χ1n) is 6.21. The molecule has 4 heteroatoms. The van der Waals surface area contributed by atoms with E-state index in [1.54, 1.807) is 0 Å². The third-order valence-electron chi connectivity index (χ3n) is 3.54. The SMILES string of the molecule is CN1CCCCC1CCn1cc(CN)cn1. The van der Waals surface area contributed by atoms with Gasteiger partial charge in [-0.1, -0.05) is 6.42 Å². The molecule has 2 N–H and O–H groups in total. The summed E-state index contributed by atoms with van der Waals surface area (Å²) in [7, 11) is 2.23. The second-order valence-corrected chi connectivity index (χ2v) is 4.73. The molecule has 0 aliphatic carbocycles. The largest absolute Gasteiger partial charge is 0.326 e. The summed E-state index contributed by atoms with van der Waals surface area (Å²) in [6.07, 6.45) is 9.19. The van der Waals surface area contributed by atoms with Crippen molar-refractivity contribution in [2.45, 2.75) is 44.8 Å². The summed E-state index contributed by atoms with van der Waals surface area (Å²) in [5.41, 5.74) is 6.68. The average molecular weight is 222 g/mol. The van der Waals surface area contributed by atoms with Crippen molar-refractivity contribution in [1.29, 1.82) is 0 Å². The van der Waals surface area contributed by atoms with Crippen molar-refractivity contribution < 1.29 is 0 Å². The van der Waals surface area contributed by atoms with Crippen LogP contribution in [0.5, 0.6) is 0 Å². The van der Waals surface area contributed by atoms with Gasteiger partial charge in [0.1, 0.15) is 0 Å². The normalized spacial score (nSPS) is 22.5. The number of nitrogens with two attached hydrogens (primary N) is 1. The minimum Gasteiger partial charge on any atom is -0.326 e. The van der Waals surface area contributed by atoms with Crippen LogP contribution < -0.4 is 5.73 Å². The van der Waals surface area contributed by atoms with Gasteiger partial charge in [0.25, 0.3) is 0 Å². The third kappa shape index (κ3) is 2.83. The van der Waals surface area contributed by atoms with Gasteiger partial charge in [-0.15, -0.1) is 0 Å². The van der Waals surface area contributed by atoms with Crippen molar-refractivity contribution in [3.8, 4) is 0 Å². The minimum atomic E-state index is 0.587. The predicted octanol–water partition coefficient (Wildman–Crippen LogP) is 1.22. The Balaban J connectivity index is 1.81. The molecule has 4 nitrogen and oxygen atoms in total. The molecule has 2 heterocycles. The summed E-state index contributed by atoms with van der Waals surface area (Å²) in [6, 6.07) is 0.735. The quantitative estimate of drug-likeness (QED) is 0.833. The molecule has 2 rings (SSSR count). The molecule has 0 amide bonds. The van der Waals surface area contributed by atoms with Crippen LogP contribution in [0.4, 0.5) is 0 Å². The number of rotatable bonds is 4. The third-order valence-corrected chi connectivity index (χ3v) is 3.54. The monoisotopic (exact) mass is 222 g/mol. The smallest absolute Gasteiger partial charge is 0.0534 e. The van der Waals surface area contributed by atoms with Crippen LogP contribution >= 0.6 is 0 Å². The lowest BCUT2D eigenvalue weighted by molar-refractivity contribution is 0.169. The van der Waals surface area contributed by atoms with Crippen LogP contribution in [0.2, 0.25) is 0 Å². The Bertz CT molecular complexity index is 321. The number of hydrogen-bond donors (Lipinski definition) is 1. The van der Waals surface area contributed by atoms with Crippen LogP contribution in [0.25, 0.3) is 0 Å². The maximum atomic E-state index is 5.56. The molecule has 0 spiro atoms. The van der Waals surface area contributed by atoms with Gasteiger partial charge in [-0.3, -0.25) is 4.68 Å². The van der Waals surface area contributed by atoms with Gasteiger partial charge in [0.15, 0.2) is 0 Å². The standard InChI is InChI=1S/C12H22N4/c1-15-6-3-2-4-12(15)5-7-16-10-11(8-13)9-14-16/h9-10,12H,2-8,13H2,1H3. The number of aryl methyl sites for hydroxylation is 1. The highest BCUT2D eigenvalue weighted by atomic mass is 15.3. The fraction of sp³-hybridized carbons (Fsp3) is 0.750. The van der Waals surface area contributed by atoms with E-state index in [9.17, 15) is 0 Å². The first-order valence-corrected chi connectivity index (χ1v) is 6.21. The maximum absolute atomic E-state index is 5.56. The number of piperidine rings is 1. The molecule has 1 aliphatic rings. The number of likely N-dealkylation sites (tertiary alicyclic amines) is 1. The summed E-state index contributed by atoms with van der Waals surface area (Å²) >= 11 is 0. The van der Waals surface area contributed by atoms with Crippen LogP contribution in [0, 0.1) is 0 Å². The Labute approximate surface area is 97.4 Å². The Hall–Kier alpha value is -0.870. The van der Waals surface area contributed by atoms with Crippen molar-refractivity contribution in [2.75, 3.05) is 13.6 Å². The van der Waals surface area contributed by atoms with Crippen molar-refractivity contribution >= 4 is 0 Å². The molecule has 1 atom stereocenters. The van der Waals surface area contributed by atoms with Crippen molar-refractivity contribution in [1.82, 2.24) is 14.7 Å². The summed E-state index contributed by atoms with van der Waals surface area (Å²) in [5.74, 6) is 0. The molecule has 1 aromatic heterocycles. The molecule has 0 aromatic carbocycles. The zero-order chi connectivity index (χ0) is 11.4. The summed E-state index contributed by atoms with van der Waals surface area (Å²) in [4.78, 5) is 2.48. The van der Waals surface area contributed by atoms with Gasteiger partial charge < -0.3 is 10.6 Å². The maximum Gasteiger partial charge on any atom is 0.0534 e. The van der Waals surface area contributed by atoms with Gasteiger partial charge in [-0.25, -0.2) is 0 Å². The Morgan fingerprint density at radius 3 is 3.06 bits per heavy atom. The van der Waals surface area contributed by atoms with Gasteiger partial charge in [-0.05, 0) is 32.9 Å². The molecule has 0 radical (unpaired) electrons. The van der Waals surface area contributed by atoms with Crippen LogP contribution in [0.1, 0.15) is 31.2 Å². The molecule has 1 unspecified atom stereocenters.